The van der Waals surface area contributed by atoms with E-state index in [1.807, 2.05) is 0 Å². The van der Waals surface area contributed by atoms with Gasteiger partial charge in [-0.25, -0.2) is 13.1 Å². The Morgan fingerprint density at radius 3 is 2.67 bits per heavy atom. The van der Waals surface area contributed by atoms with E-state index in [4.69, 9.17) is 4.74 Å². The van der Waals surface area contributed by atoms with Crippen LogP contribution in [-0.2, 0) is 20.9 Å². The molecule has 0 fully saturated rings. The van der Waals surface area contributed by atoms with Gasteiger partial charge in [0.1, 0.15) is 0 Å². The fourth-order valence-corrected chi connectivity index (χ4v) is 3.13. The molecule has 0 radical (unpaired) electrons. The summed E-state index contributed by atoms with van der Waals surface area (Å²) in [5.41, 5.74) is -0.915. The second-order valence-electron chi connectivity index (χ2n) is 4.30. The van der Waals surface area contributed by atoms with Gasteiger partial charge in [0.25, 0.3) is 0 Å². The van der Waals surface area contributed by atoms with E-state index in [9.17, 15) is 21.6 Å². The molecule has 0 aliphatic heterocycles. The smallest absolute Gasteiger partial charge is 0.383 e. The molecule has 2 rings (SSSR count). The number of hydrogen-bond donors (Lipinski definition) is 2. The predicted octanol–water partition coefficient (Wildman–Crippen LogP) is 2.11. The molecule has 21 heavy (non-hydrogen) atoms. The minimum Gasteiger partial charge on any atom is -0.383 e. The molecule has 0 spiro atoms. The van der Waals surface area contributed by atoms with Crippen LogP contribution in [0.2, 0.25) is 0 Å². The van der Waals surface area contributed by atoms with E-state index in [2.05, 4.69) is 9.71 Å². The molecular formula is C12H13F3N2O3S. The van der Waals surface area contributed by atoms with Crippen molar-refractivity contribution in [3.63, 3.8) is 0 Å². The minimum absolute atomic E-state index is 0.0268. The fourth-order valence-electron chi connectivity index (χ4n) is 1.87. The van der Waals surface area contributed by atoms with Crippen molar-refractivity contribution >= 4 is 20.9 Å². The first-order valence-corrected chi connectivity index (χ1v) is 7.41. The van der Waals surface area contributed by atoms with Crippen molar-refractivity contribution in [2.24, 2.45) is 0 Å². The first-order valence-electron chi connectivity index (χ1n) is 5.92. The summed E-state index contributed by atoms with van der Waals surface area (Å²) in [4.78, 5) is 2.18. The van der Waals surface area contributed by atoms with Crippen molar-refractivity contribution in [1.29, 1.82) is 0 Å². The zero-order valence-electron chi connectivity index (χ0n) is 11.0. The van der Waals surface area contributed by atoms with E-state index in [-0.39, 0.29) is 24.1 Å². The highest BCUT2D eigenvalue weighted by molar-refractivity contribution is 7.89. The normalized spacial score (nSPS) is 13.0. The van der Waals surface area contributed by atoms with Crippen molar-refractivity contribution in [3.05, 3.63) is 30.0 Å². The summed E-state index contributed by atoms with van der Waals surface area (Å²) in [7, 11) is -2.67. The van der Waals surface area contributed by atoms with Crippen LogP contribution >= 0.6 is 0 Å². The van der Waals surface area contributed by atoms with Gasteiger partial charge < -0.3 is 9.72 Å². The Hall–Kier alpha value is -1.58. The third-order valence-corrected chi connectivity index (χ3v) is 4.35. The molecule has 0 aliphatic carbocycles. The highest BCUT2D eigenvalue weighted by atomic mass is 32.2. The van der Waals surface area contributed by atoms with Crippen LogP contribution in [0.5, 0.6) is 0 Å². The lowest BCUT2D eigenvalue weighted by atomic mass is 10.1. The van der Waals surface area contributed by atoms with Crippen LogP contribution in [0.4, 0.5) is 13.2 Å². The van der Waals surface area contributed by atoms with Crippen LogP contribution in [0, 0.1) is 0 Å². The number of alkyl halides is 3. The lowest BCUT2D eigenvalue weighted by molar-refractivity contribution is -0.137. The van der Waals surface area contributed by atoms with Gasteiger partial charge in [-0.3, -0.25) is 0 Å². The number of benzene rings is 1. The molecule has 0 atom stereocenters. The second kappa shape index (κ2) is 5.66. The number of fused-ring (bicyclic) bond motifs is 1. The maximum Gasteiger partial charge on any atom is 0.416 e. The van der Waals surface area contributed by atoms with E-state index in [1.54, 1.807) is 0 Å². The maximum absolute atomic E-state index is 12.8. The van der Waals surface area contributed by atoms with Gasteiger partial charge in [-0.15, -0.1) is 0 Å². The average Bonchev–Trinajstić information content (AvgIpc) is 2.84. The summed E-state index contributed by atoms with van der Waals surface area (Å²) in [5, 5.41) is 0.202. The Balaban J connectivity index is 2.54. The highest BCUT2D eigenvalue weighted by Crippen LogP contribution is 2.34. The monoisotopic (exact) mass is 322 g/mol. The summed E-state index contributed by atoms with van der Waals surface area (Å²) in [6, 6.07) is 2.93. The molecule has 0 saturated heterocycles. The van der Waals surface area contributed by atoms with Gasteiger partial charge in [-0.05, 0) is 18.2 Å². The lowest BCUT2D eigenvalue weighted by Crippen LogP contribution is -2.27. The molecule has 116 valence electrons. The van der Waals surface area contributed by atoms with Gasteiger partial charge in [0.05, 0.1) is 17.1 Å². The van der Waals surface area contributed by atoms with E-state index in [0.29, 0.717) is 6.07 Å². The van der Waals surface area contributed by atoms with Crippen LogP contribution in [0.15, 0.2) is 29.3 Å². The number of ether oxygens (including phenoxy) is 1. The van der Waals surface area contributed by atoms with Crippen molar-refractivity contribution in [1.82, 2.24) is 9.71 Å². The van der Waals surface area contributed by atoms with E-state index < -0.39 is 26.7 Å². The summed E-state index contributed by atoms with van der Waals surface area (Å²) in [5.74, 6) is 0. The minimum atomic E-state index is -4.63. The lowest BCUT2D eigenvalue weighted by Gasteiger charge is -2.12. The number of sulfonamides is 1. The molecule has 1 heterocycles. The molecule has 2 N–H and O–H groups in total. The molecule has 1 aromatic heterocycles. The average molecular weight is 322 g/mol. The van der Waals surface area contributed by atoms with Gasteiger partial charge in [0.15, 0.2) is 0 Å². The molecule has 0 aliphatic rings. The third kappa shape index (κ3) is 3.36. The number of nitrogens with one attached hydrogen (secondary N) is 2. The van der Waals surface area contributed by atoms with E-state index >= 15 is 0 Å². The zero-order valence-corrected chi connectivity index (χ0v) is 11.8. The number of aromatic amines is 1. The SMILES string of the molecule is COCCNS(=O)(=O)c1cc(C(F)(F)F)cc2[nH]ccc12. The number of aromatic nitrogens is 1. The van der Waals surface area contributed by atoms with Crippen LogP contribution in [0.1, 0.15) is 5.56 Å². The topological polar surface area (TPSA) is 71.2 Å². The fraction of sp³-hybridized carbons (Fsp3) is 0.333. The number of H-pyrrole nitrogens is 1. The number of rotatable bonds is 5. The Morgan fingerprint density at radius 2 is 2.05 bits per heavy atom. The van der Waals surface area contributed by atoms with E-state index in [0.717, 1.165) is 6.07 Å². The molecule has 5 nitrogen and oxygen atoms in total. The first kappa shape index (κ1) is 15.8. The van der Waals surface area contributed by atoms with Gasteiger partial charge in [-0.2, -0.15) is 13.2 Å². The first-order chi connectivity index (χ1) is 9.75. The summed E-state index contributed by atoms with van der Waals surface area (Å²) >= 11 is 0. The van der Waals surface area contributed by atoms with Crippen LogP contribution < -0.4 is 4.72 Å². The van der Waals surface area contributed by atoms with Crippen molar-refractivity contribution in [2.75, 3.05) is 20.3 Å². The molecule has 1 aromatic carbocycles. The Labute approximate surface area is 119 Å². The largest absolute Gasteiger partial charge is 0.416 e. The Morgan fingerprint density at radius 1 is 1.33 bits per heavy atom. The standard InChI is InChI=1S/C12H13F3N2O3S/c1-20-5-4-17-21(18,19)11-7-8(12(13,14)15)6-10-9(11)2-3-16-10/h2-3,6-7,16-17H,4-5H2,1H3. The van der Waals surface area contributed by atoms with Gasteiger partial charge in [0.2, 0.25) is 10.0 Å². The Bertz CT molecular complexity index is 738. The molecule has 0 bridgehead atoms. The van der Waals surface area contributed by atoms with Gasteiger partial charge >= 0.3 is 6.18 Å². The molecule has 0 unspecified atom stereocenters. The quantitative estimate of drug-likeness (QED) is 0.828. The highest BCUT2D eigenvalue weighted by Gasteiger charge is 2.33. The van der Waals surface area contributed by atoms with Crippen LogP contribution in [0.25, 0.3) is 10.9 Å². The van der Waals surface area contributed by atoms with Crippen LogP contribution in [-0.4, -0.2) is 33.7 Å². The van der Waals surface area contributed by atoms with Crippen molar-refractivity contribution in [3.8, 4) is 0 Å². The molecule has 9 heteroatoms. The van der Waals surface area contributed by atoms with Crippen molar-refractivity contribution < 1.29 is 26.3 Å². The summed E-state index contributed by atoms with van der Waals surface area (Å²) in [6.07, 6.45) is -3.24. The molecular weight excluding hydrogens is 309 g/mol. The third-order valence-electron chi connectivity index (χ3n) is 2.85. The molecule has 2 aromatic rings. The van der Waals surface area contributed by atoms with Crippen LogP contribution in [0.3, 0.4) is 0 Å². The molecule has 0 saturated carbocycles. The second-order valence-corrected chi connectivity index (χ2v) is 6.04. The molecule has 0 amide bonds. The summed E-state index contributed by atoms with van der Waals surface area (Å²) in [6.45, 7) is 0.0927. The number of hydrogen-bond acceptors (Lipinski definition) is 3. The predicted molar refractivity (Wildman–Crippen MR) is 70.4 cm³/mol. The van der Waals surface area contributed by atoms with Gasteiger partial charge in [-0.1, -0.05) is 0 Å². The zero-order chi connectivity index (χ0) is 15.7. The summed E-state index contributed by atoms with van der Waals surface area (Å²) < 4.78 is 69.8. The number of methoxy groups -OCH3 is 1. The Kier molecular flexibility index (Phi) is 4.26. The van der Waals surface area contributed by atoms with E-state index in [1.165, 1.54) is 19.4 Å². The maximum atomic E-state index is 12.8. The number of halogens is 3. The van der Waals surface area contributed by atoms with Crippen molar-refractivity contribution in [2.45, 2.75) is 11.1 Å². The van der Waals surface area contributed by atoms with Gasteiger partial charge in [0, 0.05) is 30.8 Å².